The molecule has 0 saturated heterocycles. The van der Waals surface area contributed by atoms with Gasteiger partial charge in [-0.25, -0.2) is 0 Å². The molecule has 124 valence electrons. The average molecular weight is 317 g/mol. The van der Waals surface area contributed by atoms with Crippen molar-refractivity contribution in [1.82, 2.24) is 4.90 Å². The van der Waals surface area contributed by atoms with E-state index in [9.17, 15) is 14.9 Å². The molecule has 6 nitrogen and oxygen atoms in total. The molecule has 3 rings (SSSR count). The van der Waals surface area contributed by atoms with Crippen LogP contribution in [0.5, 0.6) is 0 Å². The van der Waals surface area contributed by atoms with Crippen LogP contribution in [0.2, 0.25) is 0 Å². The van der Waals surface area contributed by atoms with Gasteiger partial charge < -0.3 is 10.2 Å². The first-order chi connectivity index (χ1) is 11.1. The Bertz CT molecular complexity index is 607. The number of nitro benzene ring substituents is 1. The van der Waals surface area contributed by atoms with Gasteiger partial charge in [-0.05, 0) is 44.7 Å². The Morgan fingerprint density at radius 2 is 2.00 bits per heavy atom. The molecule has 1 aromatic rings. The van der Waals surface area contributed by atoms with Gasteiger partial charge in [-0.1, -0.05) is 12.8 Å². The van der Waals surface area contributed by atoms with Gasteiger partial charge in [-0.2, -0.15) is 0 Å². The minimum absolute atomic E-state index is 0.00905. The van der Waals surface area contributed by atoms with Crippen molar-refractivity contribution in [2.75, 3.05) is 11.9 Å². The Morgan fingerprint density at radius 1 is 1.30 bits per heavy atom. The van der Waals surface area contributed by atoms with Gasteiger partial charge in [0, 0.05) is 30.3 Å². The lowest BCUT2D eigenvalue weighted by Crippen LogP contribution is -2.38. The number of nitrogens with one attached hydrogen (secondary N) is 1. The highest BCUT2D eigenvalue weighted by atomic mass is 16.6. The maximum absolute atomic E-state index is 12.8. The van der Waals surface area contributed by atoms with Crippen molar-refractivity contribution in [2.45, 2.75) is 57.5 Å². The molecule has 1 amide bonds. The maximum Gasteiger partial charge on any atom is 0.293 e. The number of nitrogens with zero attached hydrogens (tertiary/aromatic N) is 2. The molecule has 1 aromatic carbocycles. The van der Waals surface area contributed by atoms with E-state index < -0.39 is 4.92 Å². The quantitative estimate of drug-likeness (QED) is 0.643. The summed E-state index contributed by atoms with van der Waals surface area (Å²) in [5.74, 6) is -0.0968. The summed E-state index contributed by atoms with van der Waals surface area (Å²) in [5, 5.41) is 14.5. The Hall–Kier alpha value is -2.11. The average Bonchev–Trinajstić information content (AvgIpc) is 3.19. The summed E-state index contributed by atoms with van der Waals surface area (Å²) in [7, 11) is 0. The second-order valence-electron chi connectivity index (χ2n) is 6.44. The molecule has 0 aliphatic heterocycles. The fourth-order valence-corrected chi connectivity index (χ4v) is 3.33. The van der Waals surface area contributed by atoms with Gasteiger partial charge >= 0.3 is 0 Å². The normalized spacial score (nSPS) is 18.0. The van der Waals surface area contributed by atoms with Crippen molar-refractivity contribution in [1.29, 1.82) is 0 Å². The molecule has 2 aliphatic carbocycles. The number of anilines is 1. The first-order valence-corrected chi connectivity index (χ1v) is 8.46. The van der Waals surface area contributed by atoms with Crippen LogP contribution >= 0.6 is 0 Å². The van der Waals surface area contributed by atoms with Crippen molar-refractivity contribution < 1.29 is 9.72 Å². The van der Waals surface area contributed by atoms with Crippen LogP contribution in [0.25, 0.3) is 0 Å². The topological polar surface area (TPSA) is 75.5 Å². The summed E-state index contributed by atoms with van der Waals surface area (Å²) in [4.78, 5) is 25.6. The first-order valence-electron chi connectivity index (χ1n) is 8.46. The molecule has 2 fully saturated rings. The van der Waals surface area contributed by atoms with Crippen LogP contribution in [0.3, 0.4) is 0 Å². The third-order valence-electron chi connectivity index (χ3n) is 4.75. The lowest BCUT2D eigenvalue weighted by molar-refractivity contribution is -0.384. The highest BCUT2D eigenvalue weighted by molar-refractivity contribution is 5.96. The Kier molecular flexibility index (Phi) is 4.50. The Morgan fingerprint density at radius 3 is 2.57 bits per heavy atom. The molecule has 2 saturated carbocycles. The second-order valence-corrected chi connectivity index (χ2v) is 6.44. The molecular formula is C17H23N3O3. The molecule has 0 bridgehead atoms. The first kappa shape index (κ1) is 15.8. The van der Waals surface area contributed by atoms with Gasteiger partial charge in [-0.15, -0.1) is 0 Å². The molecule has 0 unspecified atom stereocenters. The molecule has 2 aliphatic rings. The largest absolute Gasteiger partial charge is 0.377 e. The minimum atomic E-state index is -0.409. The molecule has 0 aromatic heterocycles. The van der Waals surface area contributed by atoms with Crippen LogP contribution in [0.4, 0.5) is 11.4 Å². The van der Waals surface area contributed by atoms with Crippen LogP contribution in [-0.4, -0.2) is 34.4 Å². The summed E-state index contributed by atoms with van der Waals surface area (Å²) < 4.78 is 0. The van der Waals surface area contributed by atoms with Crippen LogP contribution < -0.4 is 5.32 Å². The van der Waals surface area contributed by atoms with E-state index in [1.165, 1.54) is 6.07 Å². The zero-order valence-corrected chi connectivity index (χ0v) is 13.5. The van der Waals surface area contributed by atoms with Crippen LogP contribution in [-0.2, 0) is 0 Å². The minimum Gasteiger partial charge on any atom is -0.377 e. The number of hydrogen-bond acceptors (Lipinski definition) is 4. The van der Waals surface area contributed by atoms with E-state index in [0.29, 0.717) is 23.8 Å². The van der Waals surface area contributed by atoms with E-state index in [4.69, 9.17) is 0 Å². The lowest BCUT2D eigenvalue weighted by Gasteiger charge is -2.27. The molecule has 1 N–H and O–H groups in total. The Balaban J connectivity index is 1.84. The number of amides is 1. The van der Waals surface area contributed by atoms with Gasteiger partial charge in [0.25, 0.3) is 11.6 Å². The number of nitro groups is 1. The van der Waals surface area contributed by atoms with Crippen LogP contribution in [0.15, 0.2) is 18.2 Å². The zero-order valence-electron chi connectivity index (χ0n) is 13.5. The molecule has 0 heterocycles. The summed E-state index contributed by atoms with van der Waals surface area (Å²) >= 11 is 0. The highest BCUT2D eigenvalue weighted by Gasteiger charge is 2.29. The van der Waals surface area contributed by atoms with Crippen molar-refractivity contribution in [3.63, 3.8) is 0 Å². The van der Waals surface area contributed by atoms with Crippen molar-refractivity contribution in [2.24, 2.45) is 0 Å². The van der Waals surface area contributed by atoms with Crippen molar-refractivity contribution >= 4 is 17.3 Å². The van der Waals surface area contributed by atoms with Gasteiger partial charge in [0.1, 0.15) is 5.69 Å². The smallest absolute Gasteiger partial charge is 0.293 e. The van der Waals surface area contributed by atoms with Gasteiger partial charge in [0.15, 0.2) is 0 Å². The number of hydrogen-bond donors (Lipinski definition) is 1. The standard InChI is InChI=1S/C17H23N3O3/c1-2-19(14-5-3-4-6-14)17(21)12-7-10-15(18-13-8-9-13)16(11-12)20(22)23/h7,10-11,13-14,18H,2-6,8-9H2,1H3. The molecular weight excluding hydrogens is 294 g/mol. The van der Waals surface area contributed by atoms with Crippen molar-refractivity contribution in [3.05, 3.63) is 33.9 Å². The van der Waals surface area contributed by atoms with Crippen molar-refractivity contribution in [3.8, 4) is 0 Å². The van der Waals surface area contributed by atoms with E-state index in [-0.39, 0.29) is 17.6 Å². The van der Waals surface area contributed by atoms with Gasteiger partial charge in [-0.3, -0.25) is 14.9 Å². The molecule has 6 heteroatoms. The zero-order chi connectivity index (χ0) is 16.4. The van der Waals surface area contributed by atoms with E-state index in [0.717, 1.165) is 38.5 Å². The van der Waals surface area contributed by atoms with Crippen LogP contribution in [0, 0.1) is 10.1 Å². The SMILES string of the molecule is CCN(C(=O)c1ccc(NC2CC2)c([N+](=O)[O-])c1)C1CCCC1. The van der Waals surface area contributed by atoms with E-state index in [2.05, 4.69) is 5.32 Å². The molecule has 0 atom stereocenters. The van der Waals surface area contributed by atoms with E-state index in [1.807, 2.05) is 11.8 Å². The molecule has 0 spiro atoms. The van der Waals surface area contributed by atoms with Gasteiger partial charge in [0.2, 0.25) is 0 Å². The van der Waals surface area contributed by atoms with E-state index in [1.54, 1.807) is 12.1 Å². The van der Waals surface area contributed by atoms with E-state index >= 15 is 0 Å². The Labute approximate surface area is 136 Å². The fourth-order valence-electron chi connectivity index (χ4n) is 3.33. The highest BCUT2D eigenvalue weighted by Crippen LogP contribution is 2.32. The third kappa shape index (κ3) is 3.46. The maximum atomic E-state index is 12.8. The predicted octanol–water partition coefficient (Wildman–Crippen LogP) is 3.57. The summed E-state index contributed by atoms with van der Waals surface area (Å²) in [6, 6.07) is 5.41. The molecule has 23 heavy (non-hydrogen) atoms. The van der Waals surface area contributed by atoms with Gasteiger partial charge in [0.05, 0.1) is 4.92 Å². The summed E-state index contributed by atoms with van der Waals surface area (Å²) in [6.07, 6.45) is 6.45. The third-order valence-corrected chi connectivity index (χ3v) is 4.75. The molecule has 0 radical (unpaired) electrons. The predicted molar refractivity (Wildman–Crippen MR) is 88.7 cm³/mol. The summed E-state index contributed by atoms with van der Waals surface area (Å²) in [5.41, 5.74) is 0.912. The number of carbonyl (C=O) groups is 1. The number of carbonyl (C=O) groups excluding carboxylic acids is 1. The number of benzene rings is 1. The summed E-state index contributed by atoms with van der Waals surface area (Å²) in [6.45, 7) is 2.60. The fraction of sp³-hybridized carbons (Fsp3) is 0.588. The monoisotopic (exact) mass is 317 g/mol. The van der Waals surface area contributed by atoms with Crippen LogP contribution in [0.1, 0.15) is 55.8 Å². The second kappa shape index (κ2) is 6.56. The number of rotatable bonds is 6. The lowest BCUT2D eigenvalue weighted by atomic mass is 10.1.